The van der Waals surface area contributed by atoms with E-state index < -0.39 is 27.9 Å². The van der Waals surface area contributed by atoms with Crippen LogP contribution in [-0.2, 0) is 10.2 Å². The average molecular weight is 276 g/mol. The molecule has 100 valence electrons. The van der Waals surface area contributed by atoms with Gasteiger partial charge >= 0.3 is 0 Å². The summed E-state index contributed by atoms with van der Waals surface area (Å²) < 4.78 is 53.8. The van der Waals surface area contributed by atoms with Crippen LogP contribution in [0.25, 0.3) is 0 Å². The van der Waals surface area contributed by atoms with Crippen molar-refractivity contribution in [3.63, 3.8) is 0 Å². The van der Waals surface area contributed by atoms with Crippen molar-refractivity contribution in [3.8, 4) is 0 Å². The molecule has 2 rings (SSSR count). The zero-order valence-corrected chi connectivity index (χ0v) is 10.7. The highest BCUT2D eigenvalue weighted by Gasteiger charge is 2.35. The number of hydrogen-bond acceptors (Lipinski definition) is 2. The zero-order chi connectivity index (χ0) is 13.3. The molecule has 1 aliphatic heterocycles. The molecule has 1 N–H and O–H groups in total. The Morgan fingerprint density at radius 2 is 2.11 bits per heavy atom. The third-order valence-electron chi connectivity index (χ3n) is 3.09. The molecule has 0 aromatic heterocycles. The van der Waals surface area contributed by atoms with Crippen LogP contribution in [0, 0.1) is 11.6 Å². The van der Waals surface area contributed by atoms with Crippen molar-refractivity contribution in [2.45, 2.75) is 18.9 Å². The van der Waals surface area contributed by atoms with Gasteiger partial charge in [-0.2, -0.15) is 12.7 Å². The van der Waals surface area contributed by atoms with Gasteiger partial charge in [0.05, 0.1) is 6.04 Å². The Labute approximate surface area is 105 Å². The van der Waals surface area contributed by atoms with Gasteiger partial charge in [-0.05, 0) is 31.0 Å². The van der Waals surface area contributed by atoms with Gasteiger partial charge < -0.3 is 0 Å². The van der Waals surface area contributed by atoms with Gasteiger partial charge in [-0.15, -0.1) is 0 Å². The fourth-order valence-electron chi connectivity index (χ4n) is 2.23. The summed E-state index contributed by atoms with van der Waals surface area (Å²) in [6.07, 6.45) is 1.11. The van der Waals surface area contributed by atoms with E-state index in [1.54, 1.807) is 0 Å². The van der Waals surface area contributed by atoms with Crippen LogP contribution in [-0.4, -0.2) is 26.3 Å². The van der Waals surface area contributed by atoms with Gasteiger partial charge in [0.1, 0.15) is 11.6 Å². The van der Waals surface area contributed by atoms with Gasteiger partial charge in [-0.25, -0.2) is 13.5 Å². The first-order valence-corrected chi connectivity index (χ1v) is 7.05. The van der Waals surface area contributed by atoms with Crippen molar-refractivity contribution in [1.82, 2.24) is 9.03 Å². The molecular weight excluding hydrogens is 262 g/mol. The predicted octanol–water partition coefficient (Wildman–Crippen LogP) is 1.57. The topological polar surface area (TPSA) is 49.4 Å². The molecule has 1 saturated heterocycles. The minimum absolute atomic E-state index is 0.0892. The summed E-state index contributed by atoms with van der Waals surface area (Å²) in [5.74, 6) is -1.15. The van der Waals surface area contributed by atoms with E-state index in [9.17, 15) is 17.2 Å². The van der Waals surface area contributed by atoms with Crippen LogP contribution in [0.1, 0.15) is 24.4 Å². The lowest BCUT2D eigenvalue weighted by Crippen LogP contribution is -2.38. The second kappa shape index (κ2) is 4.91. The number of rotatable bonds is 3. The van der Waals surface area contributed by atoms with Crippen molar-refractivity contribution < 1.29 is 17.2 Å². The number of nitrogens with one attached hydrogen (secondary N) is 1. The molecule has 18 heavy (non-hydrogen) atoms. The summed E-state index contributed by atoms with van der Waals surface area (Å²) in [6, 6.07) is 2.46. The van der Waals surface area contributed by atoms with Crippen LogP contribution >= 0.6 is 0 Å². The Morgan fingerprint density at radius 1 is 1.39 bits per heavy atom. The summed E-state index contributed by atoms with van der Waals surface area (Å²) in [7, 11) is -2.33. The first-order chi connectivity index (χ1) is 8.45. The summed E-state index contributed by atoms with van der Waals surface area (Å²) in [5, 5.41) is 0. The van der Waals surface area contributed by atoms with Gasteiger partial charge in [0.15, 0.2) is 0 Å². The van der Waals surface area contributed by atoms with Gasteiger partial charge in [-0.3, -0.25) is 0 Å². The fourth-order valence-corrected chi connectivity index (χ4v) is 3.38. The van der Waals surface area contributed by atoms with Crippen molar-refractivity contribution in [2.24, 2.45) is 0 Å². The van der Waals surface area contributed by atoms with Crippen LogP contribution in [0.5, 0.6) is 0 Å². The first-order valence-electron chi connectivity index (χ1n) is 5.61. The molecule has 0 saturated carbocycles. The fraction of sp³-hybridized carbons (Fsp3) is 0.455. The van der Waals surface area contributed by atoms with E-state index in [0.29, 0.717) is 19.4 Å². The smallest absolute Gasteiger partial charge is 0.207 e. The molecule has 0 amide bonds. The summed E-state index contributed by atoms with van der Waals surface area (Å²) in [5.41, 5.74) is 0.0892. The number of halogens is 2. The first kappa shape index (κ1) is 13.4. The molecule has 0 aliphatic carbocycles. The number of hydrogen-bond donors (Lipinski definition) is 1. The summed E-state index contributed by atoms with van der Waals surface area (Å²) in [6.45, 7) is 0.309. The third kappa shape index (κ3) is 2.38. The molecular formula is C11H14F2N2O2S. The molecule has 1 fully saturated rings. The Balaban J connectivity index is 2.41. The van der Waals surface area contributed by atoms with E-state index in [-0.39, 0.29) is 5.56 Å². The van der Waals surface area contributed by atoms with E-state index in [4.69, 9.17) is 0 Å². The molecule has 7 heteroatoms. The number of nitrogens with zero attached hydrogens (tertiary/aromatic N) is 1. The van der Waals surface area contributed by atoms with Crippen molar-refractivity contribution in [1.29, 1.82) is 0 Å². The maximum Gasteiger partial charge on any atom is 0.279 e. The van der Waals surface area contributed by atoms with Gasteiger partial charge in [-0.1, -0.05) is 0 Å². The third-order valence-corrected chi connectivity index (χ3v) is 4.66. The zero-order valence-electron chi connectivity index (χ0n) is 9.86. The second-order valence-electron chi connectivity index (χ2n) is 4.14. The largest absolute Gasteiger partial charge is 0.279 e. The number of benzene rings is 1. The van der Waals surface area contributed by atoms with Crippen LogP contribution in [0.4, 0.5) is 8.78 Å². The van der Waals surface area contributed by atoms with Crippen LogP contribution < -0.4 is 4.72 Å². The standard InChI is InChI=1S/C11H14F2N2O2S/c1-14-18(16,17)15-6-2-3-11(15)9-7-8(12)4-5-10(9)13/h4-5,7,11,14H,2-3,6H2,1H3. The van der Waals surface area contributed by atoms with Crippen LogP contribution in [0.15, 0.2) is 18.2 Å². The Kier molecular flexibility index (Phi) is 3.65. The van der Waals surface area contributed by atoms with E-state index in [2.05, 4.69) is 4.72 Å². The quantitative estimate of drug-likeness (QED) is 0.911. The molecule has 1 heterocycles. The summed E-state index contributed by atoms with van der Waals surface area (Å²) >= 11 is 0. The second-order valence-corrected chi connectivity index (χ2v) is 5.97. The van der Waals surface area contributed by atoms with Crippen molar-refractivity contribution in [3.05, 3.63) is 35.4 Å². The van der Waals surface area contributed by atoms with E-state index in [0.717, 1.165) is 18.2 Å². The molecule has 1 aromatic rings. The Hall–Kier alpha value is -1.05. The van der Waals surface area contributed by atoms with E-state index >= 15 is 0 Å². The highest BCUT2D eigenvalue weighted by molar-refractivity contribution is 7.87. The minimum Gasteiger partial charge on any atom is -0.207 e. The lowest BCUT2D eigenvalue weighted by molar-refractivity contribution is 0.380. The molecule has 1 unspecified atom stereocenters. The van der Waals surface area contributed by atoms with Crippen LogP contribution in [0.2, 0.25) is 0 Å². The highest BCUT2D eigenvalue weighted by Crippen LogP contribution is 2.35. The SMILES string of the molecule is CNS(=O)(=O)N1CCCC1c1cc(F)ccc1F. The molecule has 1 aromatic carbocycles. The Morgan fingerprint density at radius 3 is 2.78 bits per heavy atom. The van der Waals surface area contributed by atoms with Gasteiger partial charge in [0.2, 0.25) is 0 Å². The molecule has 1 aliphatic rings. The predicted molar refractivity (Wildman–Crippen MR) is 63.0 cm³/mol. The van der Waals surface area contributed by atoms with Crippen LogP contribution in [0.3, 0.4) is 0 Å². The lowest BCUT2D eigenvalue weighted by atomic mass is 10.0. The maximum absolute atomic E-state index is 13.7. The van der Waals surface area contributed by atoms with Crippen molar-refractivity contribution in [2.75, 3.05) is 13.6 Å². The summed E-state index contributed by atoms with van der Waals surface area (Å²) in [4.78, 5) is 0. The van der Waals surface area contributed by atoms with E-state index in [1.165, 1.54) is 11.4 Å². The molecule has 1 atom stereocenters. The maximum atomic E-state index is 13.7. The Bertz CT molecular complexity index is 548. The molecule has 0 radical (unpaired) electrons. The minimum atomic E-state index is -3.63. The molecule has 0 bridgehead atoms. The highest BCUT2D eigenvalue weighted by atomic mass is 32.2. The van der Waals surface area contributed by atoms with Gasteiger partial charge in [0, 0.05) is 19.2 Å². The molecule has 4 nitrogen and oxygen atoms in total. The lowest BCUT2D eigenvalue weighted by Gasteiger charge is -2.24. The monoisotopic (exact) mass is 276 g/mol. The average Bonchev–Trinajstić information content (AvgIpc) is 2.82. The van der Waals surface area contributed by atoms with Gasteiger partial charge in [0.25, 0.3) is 10.2 Å². The molecule has 0 spiro atoms. The normalized spacial score (nSPS) is 21.4. The van der Waals surface area contributed by atoms with E-state index in [1.807, 2.05) is 0 Å². The van der Waals surface area contributed by atoms with Crippen molar-refractivity contribution >= 4 is 10.2 Å².